The average molecular weight is 387 g/mol. The van der Waals surface area contributed by atoms with Crippen LogP contribution in [0.1, 0.15) is 16.8 Å². The summed E-state index contributed by atoms with van der Waals surface area (Å²) in [6.45, 7) is 2.64. The van der Waals surface area contributed by atoms with Crippen molar-refractivity contribution in [3.63, 3.8) is 0 Å². The second-order valence-electron chi connectivity index (χ2n) is 6.27. The van der Waals surface area contributed by atoms with Crippen LogP contribution in [-0.2, 0) is 23.0 Å². The van der Waals surface area contributed by atoms with Gasteiger partial charge in [0, 0.05) is 48.2 Å². The van der Waals surface area contributed by atoms with E-state index < -0.39 is 10.0 Å². The Hall–Kier alpha value is -2.29. The molecule has 0 bridgehead atoms. The van der Waals surface area contributed by atoms with Crippen molar-refractivity contribution in [2.24, 2.45) is 0 Å². The van der Waals surface area contributed by atoms with Crippen LogP contribution in [0.5, 0.6) is 0 Å². The number of anilines is 1. The number of nitrogens with zero attached hydrogens (tertiary/aromatic N) is 3. The first kappa shape index (κ1) is 17.1. The summed E-state index contributed by atoms with van der Waals surface area (Å²) in [6, 6.07) is 9.58. The fourth-order valence-corrected chi connectivity index (χ4v) is 5.75. The molecule has 0 fully saturated rings. The number of rotatable bonds is 3. The molecule has 3 aromatic rings. The van der Waals surface area contributed by atoms with Gasteiger partial charge in [0.1, 0.15) is 5.01 Å². The molecule has 0 atom stereocenters. The largest absolute Gasteiger partial charge is 0.398 e. The molecule has 0 aliphatic carbocycles. The minimum absolute atomic E-state index is 0.245. The van der Waals surface area contributed by atoms with Gasteiger partial charge in [-0.25, -0.2) is 13.4 Å². The average Bonchev–Trinajstić information content (AvgIpc) is 3.13. The lowest BCUT2D eigenvalue weighted by Gasteiger charge is -2.27. The molecule has 0 amide bonds. The molecule has 3 heterocycles. The van der Waals surface area contributed by atoms with E-state index in [1.165, 1.54) is 21.8 Å². The van der Waals surface area contributed by atoms with E-state index in [1.54, 1.807) is 12.3 Å². The molecule has 6 nitrogen and oxygen atoms in total. The number of pyridine rings is 1. The van der Waals surface area contributed by atoms with E-state index in [4.69, 9.17) is 5.73 Å². The van der Waals surface area contributed by atoms with Crippen molar-refractivity contribution in [2.75, 3.05) is 12.3 Å². The first-order valence-corrected chi connectivity index (χ1v) is 10.5. The Balaban J connectivity index is 1.65. The van der Waals surface area contributed by atoms with E-state index in [1.807, 2.05) is 31.2 Å². The molecule has 2 aromatic heterocycles. The van der Waals surface area contributed by atoms with Crippen molar-refractivity contribution in [3.05, 3.63) is 59.5 Å². The zero-order valence-corrected chi connectivity index (χ0v) is 15.8. The summed E-state index contributed by atoms with van der Waals surface area (Å²) in [6.07, 6.45) is 3.67. The first-order valence-electron chi connectivity index (χ1n) is 8.20. The normalized spacial score (nSPS) is 15.0. The number of hydrogen-bond donors (Lipinski definition) is 1. The number of nitrogens with two attached hydrogens (primary N) is 1. The SMILES string of the molecule is Cc1cccc(-c2ncc(S(=O)(=O)N3CCc4nccc(N)c4C3)s2)c1. The zero-order valence-electron chi connectivity index (χ0n) is 14.2. The van der Waals surface area contributed by atoms with Gasteiger partial charge < -0.3 is 5.73 Å². The van der Waals surface area contributed by atoms with Gasteiger partial charge in [-0.1, -0.05) is 23.8 Å². The highest BCUT2D eigenvalue weighted by atomic mass is 32.2. The summed E-state index contributed by atoms with van der Waals surface area (Å²) in [5, 5.41) is 0.700. The minimum atomic E-state index is -3.61. The summed E-state index contributed by atoms with van der Waals surface area (Å²) in [4.78, 5) is 8.64. The third-order valence-electron chi connectivity index (χ3n) is 4.46. The lowest BCUT2D eigenvalue weighted by molar-refractivity contribution is 0.389. The second-order valence-corrected chi connectivity index (χ2v) is 9.46. The van der Waals surface area contributed by atoms with Crippen LogP contribution in [0.2, 0.25) is 0 Å². The number of sulfonamides is 1. The molecular weight excluding hydrogens is 368 g/mol. The van der Waals surface area contributed by atoms with Gasteiger partial charge in [0.2, 0.25) is 0 Å². The zero-order chi connectivity index (χ0) is 18.3. The molecule has 26 heavy (non-hydrogen) atoms. The molecule has 8 heteroatoms. The molecule has 0 unspecified atom stereocenters. The van der Waals surface area contributed by atoms with Gasteiger partial charge in [0.15, 0.2) is 4.21 Å². The van der Waals surface area contributed by atoms with E-state index in [9.17, 15) is 8.42 Å². The number of hydrogen-bond acceptors (Lipinski definition) is 6. The smallest absolute Gasteiger partial charge is 0.254 e. The number of benzene rings is 1. The lowest BCUT2D eigenvalue weighted by atomic mass is 10.1. The maximum absolute atomic E-state index is 13.1. The maximum Gasteiger partial charge on any atom is 0.254 e. The summed E-state index contributed by atoms with van der Waals surface area (Å²) < 4.78 is 27.8. The standard InChI is InChI=1S/C18H18N4O2S2/c1-12-3-2-4-13(9-12)18-21-10-17(25-18)26(23,24)22-8-6-16-14(11-22)15(19)5-7-20-16/h2-5,7,9-10H,6,8,11H2,1H3,(H2,19,20). The predicted octanol–water partition coefficient (Wildman–Crippen LogP) is 2.84. The lowest BCUT2D eigenvalue weighted by Crippen LogP contribution is -2.36. The van der Waals surface area contributed by atoms with Gasteiger partial charge in [0.05, 0.1) is 6.20 Å². The van der Waals surface area contributed by atoms with Crippen molar-refractivity contribution >= 4 is 27.0 Å². The molecule has 4 rings (SSSR count). The highest BCUT2D eigenvalue weighted by molar-refractivity contribution is 7.91. The van der Waals surface area contributed by atoms with E-state index >= 15 is 0 Å². The van der Waals surface area contributed by atoms with Crippen molar-refractivity contribution in [3.8, 4) is 10.6 Å². The number of fused-ring (bicyclic) bond motifs is 1. The molecule has 1 aromatic carbocycles. The van der Waals surface area contributed by atoms with Crippen molar-refractivity contribution < 1.29 is 8.42 Å². The van der Waals surface area contributed by atoms with E-state index in [-0.39, 0.29) is 10.8 Å². The first-order chi connectivity index (χ1) is 12.4. The molecule has 0 saturated heterocycles. The number of nitrogen functional groups attached to an aromatic ring is 1. The van der Waals surface area contributed by atoms with Crippen LogP contribution in [0.15, 0.2) is 46.9 Å². The van der Waals surface area contributed by atoms with Crippen molar-refractivity contribution in [2.45, 2.75) is 24.1 Å². The fourth-order valence-electron chi connectivity index (χ4n) is 3.06. The predicted molar refractivity (Wildman–Crippen MR) is 102 cm³/mol. The number of aromatic nitrogens is 2. The Morgan fingerprint density at radius 2 is 2.08 bits per heavy atom. The van der Waals surface area contributed by atoms with Crippen molar-refractivity contribution in [1.29, 1.82) is 0 Å². The molecule has 1 aliphatic rings. The summed E-state index contributed by atoms with van der Waals surface area (Å²) in [7, 11) is -3.61. The van der Waals surface area contributed by atoms with E-state index in [0.29, 0.717) is 23.7 Å². The highest BCUT2D eigenvalue weighted by Crippen LogP contribution is 2.32. The van der Waals surface area contributed by atoms with E-state index in [2.05, 4.69) is 9.97 Å². The molecule has 1 aliphatic heterocycles. The number of thiazole rings is 1. The Labute approximate surface area is 156 Å². The van der Waals surface area contributed by atoms with E-state index in [0.717, 1.165) is 22.4 Å². The van der Waals surface area contributed by atoms with Crippen LogP contribution >= 0.6 is 11.3 Å². The maximum atomic E-state index is 13.1. The third kappa shape index (κ3) is 3.00. The summed E-state index contributed by atoms with van der Waals surface area (Å²) in [5.74, 6) is 0. The summed E-state index contributed by atoms with van der Waals surface area (Å²) in [5.41, 5.74) is 10.3. The van der Waals surface area contributed by atoms with Crippen LogP contribution < -0.4 is 5.73 Å². The van der Waals surface area contributed by atoms with Gasteiger partial charge >= 0.3 is 0 Å². The van der Waals surface area contributed by atoms with Gasteiger partial charge in [0.25, 0.3) is 10.0 Å². The van der Waals surface area contributed by atoms with Gasteiger partial charge in [-0.2, -0.15) is 4.31 Å². The van der Waals surface area contributed by atoms with Crippen LogP contribution in [-0.4, -0.2) is 29.2 Å². The van der Waals surface area contributed by atoms with Gasteiger partial charge in [-0.3, -0.25) is 4.98 Å². The quantitative estimate of drug-likeness (QED) is 0.748. The summed E-state index contributed by atoms with van der Waals surface area (Å²) >= 11 is 1.19. The molecule has 134 valence electrons. The van der Waals surface area contributed by atoms with Gasteiger partial charge in [-0.05, 0) is 19.1 Å². The number of aryl methyl sites for hydroxylation is 1. The third-order valence-corrected chi connectivity index (χ3v) is 7.79. The molecule has 2 N–H and O–H groups in total. The Bertz CT molecular complexity index is 1080. The van der Waals surface area contributed by atoms with Crippen LogP contribution in [0.25, 0.3) is 10.6 Å². The van der Waals surface area contributed by atoms with Crippen LogP contribution in [0.3, 0.4) is 0 Å². The molecule has 0 radical (unpaired) electrons. The van der Waals surface area contributed by atoms with Gasteiger partial charge in [-0.15, -0.1) is 11.3 Å². The molecule has 0 saturated carbocycles. The Morgan fingerprint density at radius 1 is 1.23 bits per heavy atom. The molecular formula is C18H18N4O2S2. The monoisotopic (exact) mass is 386 g/mol. The Kier molecular flexibility index (Phi) is 4.26. The highest BCUT2D eigenvalue weighted by Gasteiger charge is 2.31. The Morgan fingerprint density at radius 3 is 2.88 bits per heavy atom. The van der Waals surface area contributed by atoms with Crippen LogP contribution in [0.4, 0.5) is 5.69 Å². The fraction of sp³-hybridized carbons (Fsp3) is 0.222. The minimum Gasteiger partial charge on any atom is -0.398 e. The topological polar surface area (TPSA) is 89.2 Å². The second kappa shape index (κ2) is 6.46. The molecule has 0 spiro atoms. The van der Waals surface area contributed by atoms with Crippen molar-refractivity contribution in [1.82, 2.24) is 14.3 Å². The van der Waals surface area contributed by atoms with Crippen LogP contribution in [0, 0.1) is 6.92 Å².